The van der Waals surface area contributed by atoms with Gasteiger partial charge in [0.15, 0.2) is 5.78 Å². The highest BCUT2D eigenvalue weighted by Gasteiger charge is 2.33. The molecular weight excluding hydrogens is 334 g/mol. The van der Waals surface area contributed by atoms with Gasteiger partial charge in [-0.15, -0.1) is 0 Å². The van der Waals surface area contributed by atoms with Crippen molar-refractivity contribution in [2.75, 3.05) is 5.75 Å². The number of nitrogens with two attached hydrogens (primary N) is 1. The van der Waals surface area contributed by atoms with Crippen molar-refractivity contribution in [1.82, 2.24) is 5.32 Å². The summed E-state index contributed by atoms with van der Waals surface area (Å²) >= 11 is 1.19. The highest BCUT2D eigenvalue weighted by molar-refractivity contribution is 8.03. The molecule has 0 saturated heterocycles. The number of aryl methyl sites for hydroxylation is 1. The lowest BCUT2D eigenvalue weighted by Gasteiger charge is -2.29. The molecule has 6 heteroatoms. The molecule has 1 aliphatic rings. The van der Waals surface area contributed by atoms with Crippen molar-refractivity contribution in [3.05, 3.63) is 57.3 Å². The van der Waals surface area contributed by atoms with Crippen molar-refractivity contribution in [2.45, 2.75) is 33.1 Å². The fraction of sp³-hybridized carbons (Fsp3) is 0.316. The number of Topliss-reactive ketones (excluding diaryl/α,β-unsaturated/α-hetero) is 1. The number of carbonyl (C=O) groups is 2. The molecule has 3 N–H and O–H groups in total. The summed E-state index contributed by atoms with van der Waals surface area (Å²) < 4.78 is 0. The predicted octanol–water partition coefficient (Wildman–Crippen LogP) is 2.75. The topological polar surface area (TPSA) is 96.0 Å². The molecule has 1 aliphatic heterocycles. The Hall–Kier alpha value is -2.52. The minimum absolute atomic E-state index is 0.0672. The summed E-state index contributed by atoms with van der Waals surface area (Å²) in [5, 5.41) is 13.4. The molecule has 0 aliphatic carbocycles. The van der Waals surface area contributed by atoms with Crippen molar-refractivity contribution in [1.29, 1.82) is 5.26 Å². The number of dihydropyridines is 1. The third-order valence-electron chi connectivity index (χ3n) is 4.11. The number of hydrogen-bond donors (Lipinski definition) is 2. The standard InChI is InChI=1S/C19H21N3O2S/c1-4-13-5-7-14(8-6-13)18-15(9-20)19(25-10-16(21)24)22-11(2)17(18)12(3)23/h5-8,18,22H,4,10H2,1-3H3,(H2,21,24)/t18-/m0/s1. The molecule has 1 aromatic carbocycles. The minimum atomic E-state index is -0.459. The molecule has 1 atom stereocenters. The summed E-state index contributed by atoms with van der Waals surface area (Å²) in [6.45, 7) is 5.39. The van der Waals surface area contributed by atoms with E-state index in [1.54, 1.807) is 0 Å². The molecule has 1 aromatic rings. The largest absolute Gasteiger partial charge is 0.369 e. The van der Waals surface area contributed by atoms with Crippen LogP contribution in [0.2, 0.25) is 0 Å². The summed E-state index contributed by atoms with van der Waals surface area (Å²) in [5.41, 5.74) is 9.01. The predicted molar refractivity (Wildman–Crippen MR) is 99.4 cm³/mol. The van der Waals surface area contributed by atoms with Crippen LogP contribution in [0.1, 0.15) is 37.8 Å². The van der Waals surface area contributed by atoms with Gasteiger partial charge in [-0.3, -0.25) is 9.59 Å². The maximum absolute atomic E-state index is 12.2. The van der Waals surface area contributed by atoms with Crippen LogP contribution in [0.4, 0.5) is 0 Å². The quantitative estimate of drug-likeness (QED) is 0.818. The van der Waals surface area contributed by atoms with Crippen LogP contribution in [0.25, 0.3) is 0 Å². The number of rotatable bonds is 6. The van der Waals surface area contributed by atoms with Gasteiger partial charge in [0.2, 0.25) is 5.91 Å². The first-order chi connectivity index (χ1) is 11.9. The van der Waals surface area contributed by atoms with E-state index in [0.717, 1.165) is 12.0 Å². The number of hydrogen-bond acceptors (Lipinski definition) is 5. The average Bonchev–Trinajstić information content (AvgIpc) is 2.58. The molecule has 1 amide bonds. The van der Waals surface area contributed by atoms with Crippen LogP contribution in [0.3, 0.4) is 0 Å². The van der Waals surface area contributed by atoms with Gasteiger partial charge in [-0.2, -0.15) is 5.26 Å². The highest BCUT2D eigenvalue weighted by atomic mass is 32.2. The lowest BCUT2D eigenvalue weighted by Crippen LogP contribution is -2.27. The molecule has 0 unspecified atom stereocenters. The number of primary amides is 1. The molecule has 0 saturated carbocycles. The van der Waals surface area contributed by atoms with Crippen molar-refractivity contribution >= 4 is 23.5 Å². The lowest BCUT2D eigenvalue weighted by atomic mass is 9.81. The molecule has 0 spiro atoms. The molecule has 25 heavy (non-hydrogen) atoms. The van der Waals surface area contributed by atoms with Crippen molar-refractivity contribution in [3.8, 4) is 6.07 Å². The van der Waals surface area contributed by atoms with E-state index in [0.29, 0.717) is 21.9 Å². The Kier molecular flexibility index (Phi) is 6.05. The van der Waals surface area contributed by atoms with Gasteiger partial charge in [0.25, 0.3) is 0 Å². The van der Waals surface area contributed by atoms with Gasteiger partial charge in [-0.25, -0.2) is 0 Å². The summed E-state index contributed by atoms with van der Waals surface area (Å²) in [4.78, 5) is 23.4. The van der Waals surface area contributed by atoms with Crippen LogP contribution >= 0.6 is 11.8 Å². The van der Waals surface area contributed by atoms with E-state index in [9.17, 15) is 14.9 Å². The normalized spacial score (nSPS) is 17.1. The van der Waals surface area contributed by atoms with Crippen LogP contribution in [0, 0.1) is 11.3 Å². The SMILES string of the molecule is CCc1ccc([C@H]2C(C#N)=C(SCC(N)=O)NC(C)=C2C(C)=O)cc1. The average molecular weight is 355 g/mol. The number of amides is 1. The number of carbonyl (C=O) groups excluding carboxylic acids is 2. The smallest absolute Gasteiger partial charge is 0.227 e. The molecule has 130 valence electrons. The Morgan fingerprint density at radius 2 is 1.96 bits per heavy atom. The Labute approximate surface area is 152 Å². The lowest BCUT2D eigenvalue weighted by molar-refractivity contribution is -0.115. The van der Waals surface area contributed by atoms with Gasteiger partial charge < -0.3 is 11.1 Å². The van der Waals surface area contributed by atoms with Crippen LogP contribution in [-0.2, 0) is 16.0 Å². The fourth-order valence-corrected chi connectivity index (χ4v) is 3.75. The molecule has 5 nitrogen and oxygen atoms in total. The Balaban J connectivity index is 2.56. The molecule has 0 fully saturated rings. The number of thioether (sulfide) groups is 1. The van der Waals surface area contributed by atoms with E-state index in [4.69, 9.17) is 5.73 Å². The van der Waals surface area contributed by atoms with Gasteiger partial charge in [0.05, 0.1) is 28.3 Å². The summed E-state index contributed by atoms with van der Waals surface area (Å²) in [6, 6.07) is 10.2. The first-order valence-corrected chi connectivity index (χ1v) is 9.00. The third-order valence-corrected chi connectivity index (χ3v) is 5.15. The van der Waals surface area contributed by atoms with Gasteiger partial charge in [0.1, 0.15) is 0 Å². The van der Waals surface area contributed by atoms with Crippen LogP contribution in [0.15, 0.2) is 46.1 Å². The zero-order valence-electron chi connectivity index (χ0n) is 14.6. The zero-order valence-corrected chi connectivity index (χ0v) is 15.4. The Morgan fingerprint density at radius 3 is 2.44 bits per heavy atom. The van der Waals surface area contributed by atoms with Gasteiger partial charge in [-0.05, 0) is 31.4 Å². The molecule has 0 bridgehead atoms. The number of nitrogens with zero attached hydrogens (tertiary/aromatic N) is 1. The summed E-state index contributed by atoms with van der Waals surface area (Å²) in [6.07, 6.45) is 0.918. The maximum atomic E-state index is 12.2. The highest BCUT2D eigenvalue weighted by Crippen LogP contribution is 2.40. The number of nitriles is 1. The maximum Gasteiger partial charge on any atom is 0.227 e. The van der Waals surface area contributed by atoms with Crippen molar-refractivity contribution in [2.24, 2.45) is 5.73 Å². The monoisotopic (exact) mass is 355 g/mol. The second kappa shape index (κ2) is 8.04. The van der Waals surface area contributed by atoms with E-state index in [-0.39, 0.29) is 11.5 Å². The van der Waals surface area contributed by atoms with Crippen LogP contribution in [-0.4, -0.2) is 17.4 Å². The Bertz CT molecular complexity index is 801. The van der Waals surface area contributed by atoms with Crippen LogP contribution in [0.5, 0.6) is 0 Å². The van der Waals surface area contributed by atoms with Crippen LogP contribution < -0.4 is 11.1 Å². The van der Waals surface area contributed by atoms with Gasteiger partial charge >= 0.3 is 0 Å². The first kappa shape index (κ1) is 18.8. The number of allylic oxidation sites excluding steroid dienone is 3. The van der Waals surface area contributed by atoms with E-state index < -0.39 is 11.8 Å². The third kappa shape index (κ3) is 4.12. The molecule has 1 heterocycles. The molecule has 0 aromatic heterocycles. The van der Waals surface area contributed by atoms with Gasteiger partial charge in [0, 0.05) is 11.3 Å². The minimum Gasteiger partial charge on any atom is -0.369 e. The number of nitrogens with one attached hydrogen (secondary N) is 1. The molecule has 0 radical (unpaired) electrons. The van der Waals surface area contributed by atoms with E-state index >= 15 is 0 Å². The second-order valence-electron chi connectivity index (χ2n) is 5.86. The molecule has 2 rings (SSSR count). The van der Waals surface area contributed by atoms with E-state index in [1.807, 2.05) is 31.2 Å². The summed E-state index contributed by atoms with van der Waals surface area (Å²) in [5.74, 6) is -0.914. The van der Waals surface area contributed by atoms with Crippen molar-refractivity contribution < 1.29 is 9.59 Å². The van der Waals surface area contributed by atoms with E-state index in [2.05, 4.69) is 18.3 Å². The Morgan fingerprint density at radius 1 is 1.32 bits per heavy atom. The van der Waals surface area contributed by atoms with E-state index in [1.165, 1.54) is 24.2 Å². The zero-order chi connectivity index (χ0) is 18.6. The fourth-order valence-electron chi connectivity index (χ4n) is 2.92. The molecular formula is C19H21N3O2S. The summed E-state index contributed by atoms with van der Waals surface area (Å²) in [7, 11) is 0. The first-order valence-electron chi connectivity index (χ1n) is 8.01. The van der Waals surface area contributed by atoms with Crippen molar-refractivity contribution in [3.63, 3.8) is 0 Å². The number of ketones is 1. The van der Waals surface area contributed by atoms with Gasteiger partial charge in [-0.1, -0.05) is 43.0 Å². The number of benzene rings is 1. The second-order valence-corrected chi connectivity index (χ2v) is 6.84.